The maximum atomic E-state index is 12.7. The molecular formula is C34H28O5. The molecule has 5 aromatic carbocycles. The van der Waals surface area contributed by atoms with E-state index in [9.17, 15) is 9.59 Å². The lowest BCUT2D eigenvalue weighted by Gasteiger charge is -2.18. The van der Waals surface area contributed by atoms with E-state index in [0.29, 0.717) is 38.8 Å². The number of hydrogen-bond donors (Lipinski definition) is 0. The molecule has 0 N–H and O–H groups in total. The second-order valence-electron chi connectivity index (χ2n) is 9.48. The lowest BCUT2D eigenvalue weighted by atomic mass is 10.00. The number of aryl methyl sites for hydroxylation is 1. The summed E-state index contributed by atoms with van der Waals surface area (Å²) in [6.45, 7) is 12.7. The minimum atomic E-state index is -0.554. The molecule has 5 nitrogen and oxygen atoms in total. The molecule has 0 aliphatic carbocycles. The lowest BCUT2D eigenvalue weighted by Crippen LogP contribution is -2.11. The van der Waals surface area contributed by atoms with E-state index in [-0.39, 0.29) is 11.1 Å². The maximum absolute atomic E-state index is 12.7. The number of benzene rings is 5. The molecule has 0 spiro atoms. The van der Waals surface area contributed by atoms with Gasteiger partial charge in [0.05, 0.1) is 0 Å². The molecule has 5 rings (SSSR count). The van der Waals surface area contributed by atoms with Crippen LogP contribution < -0.4 is 14.2 Å². The monoisotopic (exact) mass is 516 g/mol. The highest BCUT2D eigenvalue weighted by Gasteiger charge is 2.22. The van der Waals surface area contributed by atoms with Gasteiger partial charge < -0.3 is 14.2 Å². The van der Waals surface area contributed by atoms with Gasteiger partial charge in [-0.1, -0.05) is 80.7 Å². The highest BCUT2D eigenvalue weighted by Crippen LogP contribution is 2.45. The first-order valence-corrected chi connectivity index (χ1v) is 12.7. The van der Waals surface area contributed by atoms with Gasteiger partial charge in [-0.05, 0) is 49.4 Å². The lowest BCUT2D eigenvalue weighted by molar-refractivity contribution is -0.130. The second-order valence-corrected chi connectivity index (χ2v) is 9.48. The van der Waals surface area contributed by atoms with Crippen molar-refractivity contribution in [2.45, 2.75) is 27.2 Å². The van der Waals surface area contributed by atoms with Gasteiger partial charge in [-0.25, -0.2) is 9.59 Å². The first-order valence-electron chi connectivity index (χ1n) is 12.7. The maximum Gasteiger partial charge on any atom is 0.338 e. The summed E-state index contributed by atoms with van der Waals surface area (Å²) in [7, 11) is 0. The Balaban J connectivity index is 1.76. The van der Waals surface area contributed by atoms with Crippen molar-refractivity contribution in [2.75, 3.05) is 0 Å². The number of carbonyl (C=O) groups is 2. The van der Waals surface area contributed by atoms with Crippen molar-refractivity contribution in [3.8, 4) is 23.0 Å². The van der Waals surface area contributed by atoms with E-state index < -0.39 is 11.9 Å². The normalized spacial score (nSPS) is 10.9. The Morgan fingerprint density at radius 1 is 0.641 bits per heavy atom. The minimum Gasteiger partial charge on any atom is -0.456 e. The number of ether oxygens (including phenoxy) is 3. The van der Waals surface area contributed by atoms with E-state index in [0.717, 1.165) is 28.5 Å². The summed E-state index contributed by atoms with van der Waals surface area (Å²) >= 11 is 0. The Morgan fingerprint density at radius 3 is 1.77 bits per heavy atom. The van der Waals surface area contributed by atoms with Gasteiger partial charge in [-0.3, -0.25) is 0 Å². The first-order chi connectivity index (χ1) is 18.8. The summed E-state index contributed by atoms with van der Waals surface area (Å²) < 4.78 is 18.2. The molecule has 0 amide bonds. The van der Waals surface area contributed by atoms with Crippen LogP contribution in [0.1, 0.15) is 26.3 Å². The van der Waals surface area contributed by atoms with Crippen LogP contribution in [0.4, 0.5) is 0 Å². The van der Waals surface area contributed by atoms with Crippen LogP contribution in [0, 0.1) is 0 Å². The molecule has 0 saturated carbocycles. The van der Waals surface area contributed by atoms with Gasteiger partial charge >= 0.3 is 11.9 Å². The van der Waals surface area contributed by atoms with Gasteiger partial charge in [0.1, 0.15) is 23.0 Å². The fourth-order valence-electron chi connectivity index (χ4n) is 4.53. The number of carbonyl (C=O) groups excluding carboxylic acids is 2. The van der Waals surface area contributed by atoms with Crippen LogP contribution in [0.5, 0.6) is 23.0 Å². The molecule has 0 bridgehead atoms. The van der Waals surface area contributed by atoms with Crippen molar-refractivity contribution in [3.05, 3.63) is 109 Å². The number of hydrogen-bond acceptors (Lipinski definition) is 5. The van der Waals surface area contributed by atoms with Crippen molar-refractivity contribution in [2.24, 2.45) is 0 Å². The van der Waals surface area contributed by atoms with Crippen LogP contribution in [0.15, 0.2) is 103 Å². The third-order valence-electron chi connectivity index (χ3n) is 6.55. The van der Waals surface area contributed by atoms with Crippen molar-refractivity contribution < 1.29 is 23.8 Å². The molecule has 0 atom stereocenters. The average Bonchev–Trinajstić information content (AvgIpc) is 2.94. The van der Waals surface area contributed by atoms with Gasteiger partial charge in [0.15, 0.2) is 0 Å². The molecule has 0 aliphatic heterocycles. The average molecular weight is 517 g/mol. The Hall–Kier alpha value is -4.90. The molecule has 39 heavy (non-hydrogen) atoms. The van der Waals surface area contributed by atoms with E-state index in [2.05, 4.69) is 32.2 Å². The van der Waals surface area contributed by atoms with Crippen LogP contribution in [0.2, 0.25) is 0 Å². The molecular weight excluding hydrogens is 488 g/mol. The SMILES string of the molecule is C=C(C)C(=O)Oc1c2ccccc2c(OC(=O)C(=C)C)c2cc(Oc3c(CC)ccc4ccccc34)ccc12. The van der Waals surface area contributed by atoms with Crippen molar-refractivity contribution in [1.29, 1.82) is 0 Å². The molecule has 5 heteroatoms. The zero-order valence-corrected chi connectivity index (χ0v) is 22.2. The van der Waals surface area contributed by atoms with E-state index in [1.165, 1.54) is 0 Å². The van der Waals surface area contributed by atoms with E-state index in [4.69, 9.17) is 14.2 Å². The fourth-order valence-corrected chi connectivity index (χ4v) is 4.53. The Bertz CT molecular complexity index is 1810. The molecule has 0 saturated heterocycles. The Labute approximate surface area is 226 Å². The van der Waals surface area contributed by atoms with Crippen molar-refractivity contribution >= 4 is 44.3 Å². The van der Waals surface area contributed by atoms with Crippen LogP contribution in [0.25, 0.3) is 32.3 Å². The van der Waals surface area contributed by atoms with E-state index >= 15 is 0 Å². The first kappa shape index (κ1) is 25.7. The zero-order valence-electron chi connectivity index (χ0n) is 22.2. The highest BCUT2D eigenvalue weighted by molar-refractivity contribution is 6.14. The molecule has 0 fully saturated rings. The summed E-state index contributed by atoms with van der Waals surface area (Å²) in [5, 5.41) is 4.46. The molecule has 0 heterocycles. The molecule has 5 aromatic rings. The summed E-state index contributed by atoms with van der Waals surface area (Å²) in [6, 6.07) is 25.0. The Kier molecular flexibility index (Phi) is 6.90. The van der Waals surface area contributed by atoms with Gasteiger partial charge in [0.2, 0.25) is 0 Å². The van der Waals surface area contributed by atoms with Crippen LogP contribution in [-0.2, 0) is 16.0 Å². The molecule has 0 radical (unpaired) electrons. The topological polar surface area (TPSA) is 61.8 Å². The summed E-state index contributed by atoms with van der Waals surface area (Å²) in [4.78, 5) is 25.3. The third kappa shape index (κ3) is 4.87. The second kappa shape index (κ2) is 10.5. The standard InChI is InChI=1S/C34H28O5/c1-6-22-15-16-23-11-7-8-12-25(23)30(22)37-24-17-18-28-29(19-24)32(39-34(36)21(4)5)27-14-10-9-13-26(27)31(28)38-33(35)20(2)3/h7-19H,2,4,6H2,1,3,5H3. The molecule has 194 valence electrons. The molecule has 0 aliphatic rings. The predicted octanol–water partition coefficient (Wildman–Crippen LogP) is 8.46. The van der Waals surface area contributed by atoms with Crippen molar-refractivity contribution in [3.63, 3.8) is 0 Å². The summed E-state index contributed by atoms with van der Waals surface area (Å²) in [5.41, 5.74) is 1.60. The van der Waals surface area contributed by atoms with Gasteiger partial charge in [0, 0.05) is 38.1 Å². The van der Waals surface area contributed by atoms with Gasteiger partial charge in [-0.2, -0.15) is 0 Å². The van der Waals surface area contributed by atoms with Crippen molar-refractivity contribution in [1.82, 2.24) is 0 Å². The van der Waals surface area contributed by atoms with Gasteiger partial charge in [0.25, 0.3) is 0 Å². The van der Waals surface area contributed by atoms with E-state index in [1.54, 1.807) is 13.8 Å². The van der Waals surface area contributed by atoms with Crippen LogP contribution in [0.3, 0.4) is 0 Å². The molecule has 0 unspecified atom stereocenters. The fraction of sp³-hybridized carbons (Fsp3) is 0.118. The van der Waals surface area contributed by atoms with Gasteiger partial charge in [-0.15, -0.1) is 0 Å². The summed E-state index contributed by atoms with van der Waals surface area (Å²) in [6.07, 6.45) is 0.793. The quantitative estimate of drug-likeness (QED) is 0.0940. The zero-order chi connectivity index (χ0) is 27.7. The number of esters is 2. The Morgan fingerprint density at radius 2 is 1.18 bits per heavy atom. The summed E-state index contributed by atoms with van der Waals surface area (Å²) in [5.74, 6) is 0.912. The smallest absolute Gasteiger partial charge is 0.338 e. The third-order valence-corrected chi connectivity index (χ3v) is 6.55. The molecule has 0 aromatic heterocycles. The number of rotatable bonds is 7. The highest BCUT2D eigenvalue weighted by atomic mass is 16.5. The van der Waals surface area contributed by atoms with Crippen LogP contribution in [-0.4, -0.2) is 11.9 Å². The predicted molar refractivity (Wildman–Crippen MR) is 156 cm³/mol. The van der Waals surface area contributed by atoms with E-state index in [1.807, 2.05) is 66.7 Å². The largest absolute Gasteiger partial charge is 0.456 e. The number of fused-ring (bicyclic) bond motifs is 3. The van der Waals surface area contributed by atoms with Crippen LogP contribution >= 0.6 is 0 Å². The minimum absolute atomic E-state index is 0.265.